The van der Waals surface area contributed by atoms with Crippen LogP contribution in [0.1, 0.15) is 46.8 Å². The number of esters is 2. The van der Waals surface area contributed by atoms with Crippen LogP contribution in [-0.2, 0) is 9.59 Å². The van der Waals surface area contributed by atoms with E-state index in [4.69, 9.17) is 21.1 Å². The highest BCUT2D eigenvalue weighted by atomic mass is 35.5. The normalized spacial score (nSPS) is 10.5. The first-order valence-electron chi connectivity index (χ1n) is 9.20. The number of hydrogen-bond acceptors (Lipinski definition) is 5. The van der Waals surface area contributed by atoms with Crippen LogP contribution in [0.2, 0.25) is 0 Å². The van der Waals surface area contributed by atoms with Gasteiger partial charge in [0.2, 0.25) is 0 Å². The Labute approximate surface area is 179 Å². The van der Waals surface area contributed by atoms with E-state index in [2.05, 4.69) is 0 Å². The quantitative estimate of drug-likeness (QED) is 0.239. The van der Waals surface area contributed by atoms with Crippen molar-refractivity contribution in [3.8, 4) is 11.5 Å². The fraction of sp³-hybridized carbons (Fsp3) is 0.125. The molecule has 3 aromatic carbocycles. The predicted octanol–water partition coefficient (Wildman–Crippen LogP) is 5.10. The maximum atomic E-state index is 12.0. The molecule has 0 heterocycles. The standard InChI is InChI=1S/C24H19ClO5/c1-15(26)29-19-11-7-17(8-12-19)23(21-5-3-4-6-22(21)24(25)28)18-9-13-20(14-10-18)30-16(2)27/h3-14,23H,1-2H3. The number of ether oxygens (including phenoxy) is 2. The number of benzene rings is 3. The molecule has 0 N–H and O–H groups in total. The van der Waals surface area contributed by atoms with Crippen molar-refractivity contribution < 1.29 is 23.9 Å². The van der Waals surface area contributed by atoms with E-state index in [0.717, 1.165) is 16.7 Å². The highest BCUT2D eigenvalue weighted by molar-refractivity contribution is 6.67. The minimum atomic E-state index is -0.552. The molecular formula is C24H19ClO5. The molecule has 0 aliphatic rings. The summed E-state index contributed by atoms with van der Waals surface area (Å²) < 4.78 is 10.2. The number of carbonyl (C=O) groups is 3. The van der Waals surface area contributed by atoms with Crippen LogP contribution >= 0.6 is 11.6 Å². The topological polar surface area (TPSA) is 69.7 Å². The summed E-state index contributed by atoms with van der Waals surface area (Å²) >= 11 is 5.84. The van der Waals surface area contributed by atoms with Crippen molar-refractivity contribution in [2.24, 2.45) is 0 Å². The fourth-order valence-corrected chi connectivity index (χ4v) is 3.44. The van der Waals surface area contributed by atoms with Gasteiger partial charge in [0.1, 0.15) is 11.5 Å². The van der Waals surface area contributed by atoms with Gasteiger partial charge in [-0.1, -0.05) is 42.5 Å². The Morgan fingerprint density at radius 3 is 1.53 bits per heavy atom. The molecule has 6 heteroatoms. The molecule has 0 atom stereocenters. The zero-order valence-corrected chi connectivity index (χ0v) is 17.2. The van der Waals surface area contributed by atoms with Gasteiger partial charge in [-0.3, -0.25) is 14.4 Å². The largest absolute Gasteiger partial charge is 0.427 e. The molecular weight excluding hydrogens is 404 g/mol. The molecule has 0 aromatic heterocycles. The van der Waals surface area contributed by atoms with Crippen molar-refractivity contribution in [2.45, 2.75) is 19.8 Å². The maximum Gasteiger partial charge on any atom is 0.308 e. The van der Waals surface area contributed by atoms with Crippen molar-refractivity contribution in [3.63, 3.8) is 0 Å². The minimum absolute atomic E-state index is 0.318. The number of carbonyl (C=O) groups excluding carboxylic acids is 3. The number of halogens is 1. The van der Waals surface area contributed by atoms with E-state index in [-0.39, 0.29) is 5.92 Å². The van der Waals surface area contributed by atoms with E-state index in [0.29, 0.717) is 17.1 Å². The number of rotatable bonds is 6. The summed E-state index contributed by atoms with van der Waals surface area (Å²) in [7, 11) is 0. The van der Waals surface area contributed by atoms with Crippen molar-refractivity contribution >= 4 is 28.8 Å². The molecule has 0 saturated heterocycles. The van der Waals surface area contributed by atoms with Crippen LogP contribution < -0.4 is 9.47 Å². The van der Waals surface area contributed by atoms with Crippen molar-refractivity contribution in [1.82, 2.24) is 0 Å². The van der Waals surface area contributed by atoms with Gasteiger partial charge in [-0.2, -0.15) is 0 Å². The van der Waals surface area contributed by atoms with Crippen molar-refractivity contribution in [1.29, 1.82) is 0 Å². The minimum Gasteiger partial charge on any atom is -0.427 e. The van der Waals surface area contributed by atoms with Crippen LogP contribution in [0.4, 0.5) is 0 Å². The lowest BCUT2D eigenvalue weighted by atomic mass is 9.83. The first-order valence-corrected chi connectivity index (χ1v) is 9.58. The molecule has 5 nitrogen and oxygen atoms in total. The third kappa shape index (κ3) is 5.13. The van der Waals surface area contributed by atoms with Crippen molar-refractivity contribution in [3.05, 3.63) is 95.1 Å². The summed E-state index contributed by atoms with van der Waals surface area (Å²) in [6.45, 7) is 2.67. The zero-order valence-electron chi connectivity index (χ0n) is 16.4. The molecule has 30 heavy (non-hydrogen) atoms. The molecule has 3 rings (SSSR count). The van der Waals surface area contributed by atoms with E-state index in [1.54, 1.807) is 36.4 Å². The summed E-state index contributed by atoms with van der Waals surface area (Å²) in [6, 6.07) is 21.2. The Balaban J connectivity index is 2.09. The van der Waals surface area contributed by atoms with Crippen LogP contribution in [0.3, 0.4) is 0 Å². The monoisotopic (exact) mass is 422 g/mol. The molecule has 0 bridgehead atoms. The van der Waals surface area contributed by atoms with E-state index < -0.39 is 17.2 Å². The molecule has 0 unspecified atom stereocenters. The lowest BCUT2D eigenvalue weighted by Gasteiger charge is -2.21. The maximum absolute atomic E-state index is 12.0. The van der Waals surface area contributed by atoms with Crippen LogP contribution in [-0.4, -0.2) is 17.2 Å². The molecule has 0 radical (unpaired) electrons. The molecule has 152 valence electrons. The second-order valence-electron chi connectivity index (χ2n) is 6.62. The Morgan fingerprint density at radius 1 is 0.700 bits per heavy atom. The third-order valence-electron chi connectivity index (χ3n) is 4.43. The summed E-state index contributed by atoms with van der Waals surface area (Å²) in [5.74, 6) is -0.271. The van der Waals surface area contributed by atoms with Crippen LogP contribution in [0.5, 0.6) is 11.5 Å². The molecule has 3 aromatic rings. The van der Waals surface area contributed by atoms with Gasteiger partial charge in [-0.25, -0.2) is 0 Å². The zero-order chi connectivity index (χ0) is 21.7. The van der Waals surface area contributed by atoms with Gasteiger partial charge < -0.3 is 9.47 Å². The lowest BCUT2D eigenvalue weighted by Crippen LogP contribution is -2.09. The van der Waals surface area contributed by atoms with Gasteiger partial charge in [0.15, 0.2) is 0 Å². The fourth-order valence-electron chi connectivity index (χ4n) is 3.27. The summed E-state index contributed by atoms with van der Waals surface area (Å²) in [4.78, 5) is 34.4. The average Bonchev–Trinajstić information content (AvgIpc) is 2.70. The lowest BCUT2D eigenvalue weighted by molar-refractivity contribution is -0.132. The second kappa shape index (κ2) is 9.37. The molecule has 0 spiro atoms. The third-order valence-corrected chi connectivity index (χ3v) is 4.64. The Morgan fingerprint density at radius 2 is 1.13 bits per heavy atom. The summed E-state index contributed by atoms with van der Waals surface area (Å²) in [5, 5.41) is -0.552. The van der Waals surface area contributed by atoms with Gasteiger partial charge in [-0.15, -0.1) is 0 Å². The predicted molar refractivity (Wildman–Crippen MR) is 113 cm³/mol. The SMILES string of the molecule is CC(=O)Oc1ccc(C(c2ccc(OC(C)=O)cc2)c2ccccc2C(=O)Cl)cc1. The highest BCUT2D eigenvalue weighted by Crippen LogP contribution is 2.36. The second-order valence-corrected chi connectivity index (χ2v) is 6.96. The first kappa shape index (κ1) is 21.3. The van der Waals surface area contributed by atoms with E-state index in [1.165, 1.54) is 13.8 Å². The number of hydrogen-bond donors (Lipinski definition) is 0. The van der Waals surface area contributed by atoms with Gasteiger partial charge >= 0.3 is 11.9 Å². The smallest absolute Gasteiger partial charge is 0.308 e. The van der Waals surface area contributed by atoms with Gasteiger partial charge in [0.05, 0.1) is 0 Å². The van der Waals surface area contributed by atoms with E-state index in [1.807, 2.05) is 36.4 Å². The average molecular weight is 423 g/mol. The van der Waals surface area contributed by atoms with Crippen molar-refractivity contribution in [2.75, 3.05) is 0 Å². The van der Waals surface area contributed by atoms with E-state index in [9.17, 15) is 14.4 Å². The van der Waals surface area contributed by atoms with Gasteiger partial charge in [-0.05, 0) is 58.6 Å². The van der Waals surface area contributed by atoms with Gasteiger partial charge in [0, 0.05) is 25.3 Å². The van der Waals surface area contributed by atoms with Crippen LogP contribution in [0.25, 0.3) is 0 Å². The summed E-state index contributed by atoms with van der Waals surface area (Å²) in [6.07, 6.45) is 0. The van der Waals surface area contributed by atoms with Gasteiger partial charge in [0.25, 0.3) is 5.24 Å². The molecule has 0 aliphatic heterocycles. The van der Waals surface area contributed by atoms with Crippen LogP contribution in [0, 0.1) is 0 Å². The van der Waals surface area contributed by atoms with Crippen LogP contribution in [0.15, 0.2) is 72.8 Å². The highest BCUT2D eigenvalue weighted by Gasteiger charge is 2.22. The van der Waals surface area contributed by atoms with E-state index >= 15 is 0 Å². The first-order chi connectivity index (χ1) is 14.3. The molecule has 0 amide bonds. The molecule has 0 fully saturated rings. The summed E-state index contributed by atoms with van der Waals surface area (Å²) in [5.41, 5.74) is 2.88. The Bertz CT molecular complexity index is 1010. The molecule has 0 aliphatic carbocycles. The molecule has 0 saturated carbocycles. The Hall–Kier alpha value is -3.44. The Kier molecular flexibility index (Phi) is 6.65.